The van der Waals surface area contributed by atoms with Gasteiger partial charge < -0.3 is 14.2 Å². The standard InChI is InChI=1S/C11H16N2O4.C2H6/c1-8-5-10(12-11(14)13(8)2)17-7-9-6-15-3-4-16-9;1-2/h5,9H,3-4,6-7H2,1-2H3;1-2H3. The van der Waals surface area contributed by atoms with E-state index in [-0.39, 0.29) is 11.8 Å². The maximum atomic E-state index is 11.4. The molecule has 1 atom stereocenters. The average Bonchev–Trinajstić information content (AvgIpc) is 2.45. The fraction of sp³-hybridized carbons (Fsp3) is 0.692. The third-order valence-electron chi connectivity index (χ3n) is 2.66. The van der Waals surface area contributed by atoms with E-state index in [0.29, 0.717) is 32.3 Å². The molecule has 1 saturated heterocycles. The largest absolute Gasteiger partial charge is 0.475 e. The highest BCUT2D eigenvalue weighted by Crippen LogP contribution is 2.08. The van der Waals surface area contributed by atoms with Crippen LogP contribution in [0.5, 0.6) is 5.88 Å². The summed E-state index contributed by atoms with van der Waals surface area (Å²) < 4.78 is 17.6. The van der Waals surface area contributed by atoms with Crippen molar-refractivity contribution in [1.82, 2.24) is 9.55 Å². The number of ether oxygens (including phenoxy) is 3. The van der Waals surface area contributed by atoms with Gasteiger partial charge in [0.05, 0.1) is 19.8 Å². The Kier molecular flexibility index (Phi) is 6.52. The van der Waals surface area contributed by atoms with E-state index in [4.69, 9.17) is 14.2 Å². The van der Waals surface area contributed by atoms with Crippen molar-refractivity contribution in [3.05, 3.63) is 22.2 Å². The predicted molar refractivity (Wildman–Crippen MR) is 71.6 cm³/mol. The molecule has 1 aliphatic heterocycles. The van der Waals surface area contributed by atoms with Crippen LogP contribution in [0.2, 0.25) is 0 Å². The molecule has 1 aromatic rings. The van der Waals surface area contributed by atoms with Gasteiger partial charge in [0.15, 0.2) is 0 Å². The van der Waals surface area contributed by atoms with E-state index in [0.717, 1.165) is 5.69 Å². The van der Waals surface area contributed by atoms with Crippen molar-refractivity contribution in [2.45, 2.75) is 26.9 Å². The van der Waals surface area contributed by atoms with Gasteiger partial charge in [-0.2, -0.15) is 4.98 Å². The first-order valence-corrected chi connectivity index (χ1v) is 6.53. The molecule has 0 N–H and O–H groups in total. The molecule has 2 rings (SSSR count). The molecule has 0 aliphatic carbocycles. The molecule has 1 unspecified atom stereocenters. The molecule has 6 nitrogen and oxygen atoms in total. The van der Waals surface area contributed by atoms with Gasteiger partial charge in [-0.1, -0.05) is 13.8 Å². The first-order chi connectivity index (χ1) is 9.16. The summed E-state index contributed by atoms with van der Waals surface area (Å²) in [6, 6.07) is 1.73. The van der Waals surface area contributed by atoms with Crippen LogP contribution in [0.3, 0.4) is 0 Å². The van der Waals surface area contributed by atoms with Crippen LogP contribution >= 0.6 is 0 Å². The van der Waals surface area contributed by atoms with Gasteiger partial charge in [-0.05, 0) is 6.92 Å². The molecule has 1 aliphatic rings. The summed E-state index contributed by atoms with van der Waals surface area (Å²) in [5, 5.41) is 0. The molecule has 0 radical (unpaired) electrons. The van der Waals surface area contributed by atoms with Crippen molar-refractivity contribution in [3.8, 4) is 5.88 Å². The molecule has 0 spiro atoms. The lowest BCUT2D eigenvalue weighted by molar-refractivity contribution is -0.102. The summed E-state index contributed by atoms with van der Waals surface area (Å²) in [7, 11) is 1.67. The van der Waals surface area contributed by atoms with Crippen LogP contribution in [0.4, 0.5) is 0 Å². The number of hydrogen-bond donors (Lipinski definition) is 0. The lowest BCUT2D eigenvalue weighted by Gasteiger charge is -2.22. The summed E-state index contributed by atoms with van der Waals surface area (Å²) in [6.45, 7) is 7.90. The van der Waals surface area contributed by atoms with Gasteiger partial charge in [-0.25, -0.2) is 4.79 Å². The molecule has 1 aromatic heterocycles. The smallest absolute Gasteiger partial charge is 0.350 e. The van der Waals surface area contributed by atoms with Crippen molar-refractivity contribution in [3.63, 3.8) is 0 Å². The normalized spacial score (nSPS) is 18.4. The van der Waals surface area contributed by atoms with Gasteiger partial charge in [-0.15, -0.1) is 0 Å². The van der Waals surface area contributed by atoms with Crippen molar-refractivity contribution in [2.24, 2.45) is 7.05 Å². The Labute approximate surface area is 113 Å². The summed E-state index contributed by atoms with van der Waals surface area (Å²) in [5.74, 6) is 0.333. The van der Waals surface area contributed by atoms with Gasteiger partial charge >= 0.3 is 5.69 Å². The Hall–Kier alpha value is -1.40. The zero-order valence-corrected chi connectivity index (χ0v) is 12.0. The fourth-order valence-electron chi connectivity index (χ4n) is 1.51. The highest BCUT2D eigenvalue weighted by atomic mass is 16.6. The Balaban J connectivity index is 0.000000861. The zero-order valence-electron chi connectivity index (χ0n) is 12.0. The molecule has 108 valence electrons. The summed E-state index contributed by atoms with van der Waals surface area (Å²) in [4.78, 5) is 15.2. The van der Waals surface area contributed by atoms with Gasteiger partial charge in [0.1, 0.15) is 12.7 Å². The van der Waals surface area contributed by atoms with Gasteiger partial charge in [0, 0.05) is 18.8 Å². The Morgan fingerprint density at radius 3 is 2.79 bits per heavy atom. The zero-order chi connectivity index (χ0) is 14.3. The van der Waals surface area contributed by atoms with Gasteiger partial charge in [-0.3, -0.25) is 4.57 Å². The number of aromatic nitrogens is 2. The lowest BCUT2D eigenvalue weighted by Crippen LogP contribution is -2.34. The lowest BCUT2D eigenvalue weighted by atomic mass is 10.4. The van der Waals surface area contributed by atoms with Gasteiger partial charge in [0.2, 0.25) is 5.88 Å². The van der Waals surface area contributed by atoms with Crippen LogP contribution in [-0.2, 0) is 16.5 Å². The van der Waals surface area contributed by atoms with Gasteiger partial charge in [0.25, 0.3) is 0 Å². The number of nitrogens with zero attached hydrogens (tertiary/aromatic N) is 2. The minimum Gasteiger partial charge on any atom is -0.475 e. The third-order valence-corrected chi connectivity index (χ3v) is 2.66. The third kappa shape index (κ3) is 4.65. The molecule has 0 aromatic carbocycles. The van der Waals surface area contributed by atoms with E-state index in [2.05, 4.69) is 4.98 Å². The van der Waals surface area contributed by atoms with Crippen molar-refractivity contribution < 1.29 is 14.2 Å². The van der Waals surface area contributed by atoms with Crippen molar-refractivity contribution in [2.75, 3.05) is 26.4 Å². The minimum absolute atomic E-state index is 0.0880. The van der Waals surface area contributed by atoms with E-state index in [1.165, 1.54) is 4.57 Å². The van der Waals surface area contributed by atoms with Crippen LogP contribution in [0.25, 0.3) is 0 Å². The van der Waals surface area contributed by atoms with Crippen LogP contribution in [-0.4, -0.2) is 42.1 Å². The number of hydrogen-bond acceptors (Lipinski definition) is 5. The molecule has 0 amide bonds. The quantitative estimate of drug-likeness (QED) is 0.817. The second-order valence-electron chi connectivity index (χ2n) is 3.96. The van der Waals surface area contributed by atoms with Crippen molar-refractivity contribution in [1.29, 1.82) is 0 Å². The average molecular weight is 270 g/mol. The van der Waals surface area contributed by atoms with Crippen molar-refractivity contribution >= 4 is 0 Å². The highest BCUT2D eigenvalue weighted by molar-refractivity contribution is 5.13. The first-order valence-electron chi connectivity index (χ1n) is 6.53. The molecular formula is C13H22N2O4. The second kappa shape index (κ2) is 7.91. The van der Waals surface area contributed by atoms with E-state index in [1.807, 2.05) is 20.8 Å². The summed E-state index contributed by atoms with van der Waals surface area (Å²) >= 11 is 0. The predicted octanol–water partition coefficient (Wildman–Crippen LogP) is 0.909. The summed E-state index contributed by atoms with van der Waals surface area (Å²) in [5.41, 5.74) is 0.488. The molecule has 6 heteroatoms. The van der Waals surface area contributed by atoms with Crippen LogP contribution in [0, 0.1) is 6.92 Å². The van der Waals surface area contributed by atoms with Crippen LogP contribution < -0.4 is 10.4 Å². The molecular weight excluding hydrogens is 248 g/mol. The van der Waals surface area contributed by atoms with E-state index < -0.39 is 0 Å². The van der Waals surface area contributed by atoms with E-state index in [9.17, 15) is 4.79 Å². The van der Waals surface area contributed by atoms with E-state index in [1.54, 1.807) is 13.1 Å². The maximum absolute atomic E-state index is 11.4. The molecule has 0 saturated carbocycles. The molecule has 0 bridgehead atoms. The summed E-state index contributed by atoms with van der Waals surface area (Å²) in [6.07, 6.45) is -0.0880. The monoisotopic (exact) mass is 270 g/mol. The Bertz CT molecular complexity index is 439. The highest BCUT2D eigenvalue weighted by Gasteiger charge is 2.15. The Morgan fingerprint density at radius 2 is 2.21 bits per heavy atom. The second-order valence-corrected chi connectivity index (χ2v) is 3.96. The maximum Gasteiger partial charge on any atom is 0.350 e. The molecule has 19 heavy (non-hydrogen) atoms. The minimum atomic E-state index is -0.319. The Morgan fingerprint density at radius 1 is 1.47 bits per heavy atom. The van der Waals surface area contributed by atoms with Crippen LogP contribution in [0.1, 0.15) is 19.5 Å². The van der Waals surface area contributed by atoms with E-state index >= 15 is 0 Å². The number of rotatable bonds is 3. The first kappa shape index (κ1) is 15.7. The SMILES string of the molecule is CC.Cc1cc(OCC2COCCO2)nc(=O)n1C. The topological polar surface area (TPSA) is 62.6 Å². The number of aryl methyl sites for hydroxylation is 1. The molecule has 2 heterocycles. The molecule has 1 fully saturated rings. The van der Waals surface area contributed by atoms with Crippen LogP contribution in [0.15, 0.2) is 10.9 Å². The fourth-order valence-corrected chi connectivity index (χ4v) is 1.51.